The van der Waals surface area contributed by atoms with Crippen LogP contribution in [-0.4, -0.2) is 54.5 Å². The Labute approximate surface area is 148 Å². The molecule has 1 aromatic heterocycles. The summed E-state index contributed by atoms with van der Waals surface area (Å²) < 4.78 is 10.3. The van der Waals surface area contributed by atoms with E-state index >= 15 is 0 Å². The molecule has 1 fully saturated rings. The molecule has 8 heteroatoms. The van der Waals surface area contributed by atoms with Crippen LogP contribution in [0.3, 0.4) is 0 Å². The number of thioether (sulfide) groups is 1. The third-order valence-electron chi connectivity index (χ3n) is 3.73. The summed E-state index contributed by atoms with van der Waals surface area (Å²) in [5, 5.41) is 3.51. The van der Waals surface area contributed by atoms with Crippen molar-refractivity contribution < 1.29 is 18.7 Å². The van der Waals surface area contributed by atoms with E-state index in [2.05, 4.69) is 5.32 Å². The first-order valence-corrected chi connectivity index (χ1v) is 9.04. The number of amides is 2. The number of anilines is 1. The molecule has 1 aliphatic heterocycles. The number of nitrogens with zero attached hydrogens (tertiary/aromatic N) is 1. The number of fused-ring (bicyclic) bond motifs is 1. The molecule has 0 unspecified atom stereocenters. The van der Waals surface area contributed by atoms with Gasteiger partial charge in [-0.25, -0.2) is 4.79 Å². The fraction of sp³-hybridized carbons (Fsp3) is 0.353. The third-order valence-corrected chi connectivity index (χ3v) is 4.64. The molecule has 2 aromatic rings. The first kappa shape index (κ1) is 17.5. The van der Waals surface area contributed by atoms with E-state index < -0.39 is 5.63 Å². The molecule has 0 aliphatic carbocycles. The molecule has 0 atom stereocenters. The molecule has 1 saturated heterocycles. The number of ether oxygens (including phenoxy) is 1. The lowest BCUT2D eigenvalue weighted by atomic mass is 10.2. The molecule has 0 bridgehead atoms. The number of hydrogen-bond acceptors (Lipinski definition) is 6. The SMILES string of the molecule is O=C(CSCC(=O)N1CCOCC1)Nc1ccc2oc(=O)ccc2c1. The predicted octanol–water partition coefficient (Wildman–Crippen LogP) is 1.32. The Hall–Kier alpha value is -2.32. The lowest BCUT2D eigenvalue weighted by molar-refractivity contribution is -0.132. The van der Waals surface area contributed by atoms with Crippen molar-refractivity contribution in [3.05, 3.63) is 40.8 Å². The van der Waals surface area contributed by atoms with E-state index in [1.807, 2.05) is 0 Å². The molecule has 2 amide bonds. The zero-order chi connectivity index (χ0) is 17.6. The Bertz CT molecular complexity index is 829. The topological polar surface area (TPSA) is 88.8 Å². The highest BCUT2D eigenvalue weighted by atomic mass is 32.2. The summed E-state index contributed by atoms with van der Waals surface area (Å²) in [5.41, 5.74) is 0.674. The molecule has 0 spiro atoms. The van der Waals surface area contributed by atoms with Crippen molar-refractivity contribution in [3.8, 4) is 0 Å². The van der Waals surface area contributed by atoms with Gasteiger partial charge >= 0.3 is 5.63 Å². The molecule has 0 radical (unpaired) electrons. The fourth-order valence-electron chi connectivity index (χ4n) is 2.48. The Morgan fingerprint density at radius 2 is 1.92 bits per heavy atom. The Balaban J connectivity index is 1.48. The van der Waals surface area contributed by atoms with Gasteiger partial charge in [0.1, 0.15) is 5.58 Å². The van der Waals surface area contributed by atoms with Crippen LogP contribution >= 0.6 is 11.8 Å². The highest BCUT2D eigenvalue weighted by Gasteiger charge is 2.17. The number of morpholine rings is 1. The maximum Gasteiger partial charge on any atom is 0.336 e. The van der Waals surface area contributed by atoms with E-state index in [0.29, 0.717) is 37.6 Å². The summed E-state index contributed by atoms with van der Waals surface area (Å²) in [6, 6.07) is 8.03. The minimum absolute atomic E-state index is 0.0295. The molecule has 1 N–H and O–H groups in total. The molecule has 1 aliphatic rings. The van der Waals surface area contributed by atoms with Gasteiger partial charge in [0, 0.05) is 30.2 Å². The Morgan fingerprint density at radius 1 is 1.12 bits per heavy atom. The number of nitrogens with one attached hydrogen (secondary N) is 1. The lowest BCUT2D eigenvalue weighted by Gasteiger charge is -2.26. The van der Waals surface area contributed by atoms with Gasteiger partial charge in [-0.15, -0.1) is 11.8 Å². The number of carbonyl (C=O) groups is 2. The van der Waals surface area contributed by atoms with Crippen LogP contribution in [0, 0.1) is 0 Å². The maximum atomic E-state index is 12.0. The van der Waals surface area contributed by atoms with Crippen LogP contribution in [0.5, 0.6) is 0 Å². The number of carbonyl (C=O) groups excluding carboxylic acids is 2. The molecule has 1 aromatic carbocycles. The summed E-state index contributed by atoms with van der Waals surface area (Å²) in [7, 11) is 0. The smallest absolute Gasteiger partial charge is 0.336 e. The van der Waals surface area contributed by atoms with Crippen LogP contribution in [0.25, 0.3) is 11.0 Å². The van der Waals surface area contributed by atoms with E-state index in [0.717, 1.165) is 5.39 Å². The van der Waals surface area contributed by atoms with Crippen molar-refractivity contribution in [3.63, 3.8) is 0 Å². The predicted molar refractivity (Wildman–Crippen MR) is 95.8 cm³/mol. The summed E-state index contributed by atoms with van der Waals surface area (Å²) in [5.74, 6) is 0.312. The minimum Gasteiger partial charge on any atom is -0.423 e. The highest BCUT2D eigenvalue weighted by molar-refractivity contribution is 8.00. The average Bonchev–Trinajstić information content (AvgIpc) is 2.62. The van der Waals surface area contributed by atoms with Gasteiger partial charge in [0.05, 0.1) is 24.7 Å². The van der Waals surface area contributed by atoms with Gasteiger partial charge in [-0.2, -0.15) is 0 Å². The standard InChI is InChI=1S/C17H18N2O5S/c20-15(10-25-11-16(21)19-5-7-23-8-6-19)18-13-2-3-14-12(9-13)1-4-17(22)24-14/h1-4,9H,5-8,10-11H2,(H,18,20). The second-order valence-electron chi connectivity index (χ2n) is 5.54. The summed E-state index contributed by atoms with van der Waals surface area (Å²) in [6.07, 6.45) is 0. The molecule has 0 saturated carbocycles. The van der Waals surface area contributed by atoms with Gasteiger partial charge in [0.2, 0.25) is 11.8 Å². The van der Waals surface area contributed by atoms with Crippen LogP contribution in [-0.2, 0) is 14.3 Å². The van der Waals surface area contributed by atoms with Crippen molar-refractivity contribution in [2.75, 3.05) is 43.1 Å². The van der Waals surface area contributed by atoms with E-state index in [-0.39, 0.29) is 23.3 Å². The Kier molecular flexibility index (Phi) is 5.72. The summed E-state index contributed by atoms with van der Waals surface area (Å²) in [6.45, 7) is 2.36. The van der Waals surface area contributed by atoms with Gasteiger partial charge in [0.25, 0.3) is 0 Å². The van der Waals surface area contributed by atoms with Crippen molar-refractivity contribution >= 4 is 40.2 Å². The van der Waals surface area contributed by atoms with Crippen molar-refractivity contribution in [2.24, 2.45) is 0 Å². The fourth-order valence-corrected chi connectivity index (χ4v) is 3.20. The van der Waals surface area contributed by atoms with Gasteiger partial charge in [-0.05, 0) is 24.3 Å². The number of hydrogen-bond donors (Lipinski definition) is 1. The van der Waals surface area contributed by atoms with Crippen LogP contribution in [0.15, 0.2) is 39.5 Å². The largest absolute Gasteiger partial charge is 0.423 e. The quantitative estimate of drug-likeness (QED) is 0.807. The van der Waals surface area contributed by atoms with E-state index in [1.165, 1.54) is 17.8 Å². The zero-order valence-electron chi connectivity index (χ0n) is 13.5. The van der Waals surface area contributed by atoms with Gasteiger partial charge in [0.15, 0.2) is 0 Å². The summed E-state index contributed by atoms with van der Waals surface area (Å²) >= 11 is 1.28. The van der Waals surface area contributed by atoms with Crippen molar-refractivity contribution in [2.45, 2.75) is 0 Å². The first-order chi connectivity index (χ1) is 12.1. The molecule has 7 nitrogen and oxygen atoms in total. The Morgan fingerprint density at radius 3 is 2.72 bits per heavy atom. The van der Waals surface area contributed by atoms with E-state index in [9.17, 15) is 14.4 Å². The van der Waals surface area contributed by atoms with Crippen molar-refractivity contribution in [1.29, 1.82) is 0 Å². The average molecular weight is 362 g/mol. The van der Waals surface area contributed by atoms with Crippen molar-refractivity contribution in [1.82, 2.24) is 4.90 Å². The zero-order valence-corrected chi connectivity index (χ0v) is 14.3. The van der Waals surface area contributed by atoms with Crippen LogP contribution in [0.4, 0.5) is 5.69 Å². The first-order valence-electron chi connectivity index (χ1n) is 7.89. The molecule has 25 heavy (non-hydrogen) atoms. The lowest BCUT2D eigenvalue weighted by Crippen LogP contribution is -2.41. The van der Waals surface area contributed by atoms with Crippen LogP contribution < -0.4 is 10.9 Å². The molecule has 132 valence electrons. The molecular weight excluding hydrogens is 344 g/mol. The van der Waals surface area contributed by atoms with E-state index in [1.54, 1.807) is 29.2 Å². The number of rotatable bonds is 5. The minimum atomic E-state index is -0.411. The van der Waals surface area contributed by atoms with E-state index in [4.69, 9.17) is 9.15 Å². The van der Waals surface area contributed by atoms with Gasteiger partial charge < -0.3 is 19.4 Å². The van der Waals surface area contributed by atoms with Gasteiger partial charge in [-0.3, -0.25) is 9.59 Å². The maximum absolute atomic E-state index is 12.0. The van der Waals surface area contributed by atoms with Crippen LogP contribution in [0.1, 0.15) is 0 Å². The normalized spacial score (nSPS) is 14.5. The number of benzene rings is 1. The molecule has 2 heterocycles. The monoisotopic (exact) mass is 362 g/mol. The molecular formula is C17H18N2O5S. The van der Waals surface area contributed by atoms with Crippen LogP contribution in [0.2, 0.25) is 0 Å². The third kappa shape index (κ3) is 4.83. The summed E-state index contributed by atoms with van der Waals surface area (Å²) in [4.78, 5) is 36.9. The second kappa shape index (κ2) is 8.17. The highest BCUT2D eigenvalue weighted by Crippen LogP contribution is 2.18. The second-order valence-corrected chi connectivity index (χ2v) is 6.53. The van der Waals surface area contributed by atoms with Gasteiger partial charge in [-0.1, -0.05) is 0 Å². The molecule has 3 rings (SSSR count).